The molecule has 136 valence electrons. The largest absolute Gasteiger partial charge is 0.494 e. The van der Waals surface area contributed by atoms with Gasteiger partial charge in [0.2, 0.25) is 0 Å². The lowest BCUT2D eigenvalue weighted by atomic mass is 9.78. The van der Waals surface area contributed by atoms with Crippen LogP contribution in [0.1, 0.15) is 33.3 Å². The molecule has 0 saturated carbocycles. The number of benzene rings is 1. The minimum atomic E-state index is -0.363. The number of aromatic nitrogens is 4. The van der Waals surface area contributed by atoms with Gasteiger partial charge in [0.1, 0.15) is 16.9 Å². The molecular formula is C18H23BN4O2S. The average Bonchev–Trinajstić information content (AvgIpc) is 2.99. The molecule has 2 aromatic heterocycles. The Morgan fingerprint density at radius 1 is 1.00 bits per heavy atom. The van der Waals surface area contributed by atoms with E-state index in [2.05, 4.69) is 39.7 Å². The topological polar surface area (TPSA) is 62.1 Å². The van der Waals surface area contributed by atoms with E-state index in [1.165, 1.54) is 6.33 Å². The molecule has 3 aromatic rings. The maximum Gasteiger partial charge on any atom is 0.494 e. The van der Waals surface area contributed by atoms with E-state index >= 15 is 0 Å². The minimum absolute atomic E-state index is 0.0888. The zero-order valence-corrected chi connectivity index (χ0v) is 16.4. The third-order valence-corrected chi connectivity index (χ3v) is 4.11. The van der Waals surface area contributed by atoms with Crippen molar-refractivity contribution in [1.29, 1.82) is 0 Å². The van der Waals surface area contributed by atoms with Gasteiger partial charge in [-0.1, -0.05) is 24.3 Å². The van der Waals surface area contributed by atoms with Crippen LogP contribution in [0.5, 0.6) is 0 Å². The van der Waals surface area contributed by atoms with Gasteiger partial charge >= 0.3 is 7.12 Å². The first-order valence-electron chi connectivity index (χ1n) is 8.68. The Morgan fingerprint density at radius 2 is 1.65 bits per heavy atom. The van der Waals surface area contributed by atoms with Gasteiger partial charge in [0.05, 0.1) is 12.9 Å². The summed E-state index contributed by atoms with van der Waals surface area (Å²) in [5.41, 5.74) is 3.63. The molecule has 3 rings (SSSR count). The number of hydrogen-bond donors (Lipinski definition) is 1. The molecule has 8 heteroatoms. The van der Waals surface area contributed by atoms with Gasteiger partial charge in [-0.25, -0.2) is 15.0 Å². The van der Waals surface area contributed by atoms with Gasteiger partial charge < -0.3 is 13.9 Å². The van der Waals surface area contributed by atoms with Crippen LogP contribution in [0.25, 0.3) is 11.2 Å². The average molecular weight is 370 g/mol. The summed E-state index contributed by atoms with van der Waals surface area (Å²) < 4.78 is 13.8. The van der Waals surface area contributed by atoms with E-state index < -0.39 is 0 Å². The van der Waals surface area contributed by atoms with Crippen molar-refractivity contribution in [3.8, 4) is 0 Å². The quantitative estimate of drug-likeness (QED) is 0.394. The van der Waals surface area contributed by atoms with E-state index in [1.54, 1.807) is 6.33 Å². The second kappa shape index (κ2) is 8.20. The lowest BCUT2D eigenvalue weighted by Gasteiger charge is -2.20. The summed E-state index contributed by atoms with van der Waals surface area (Å²) in [5, 5.41) is 0.587. The van der Waals surface area contributed by atoms with E-state index in [9.17, 15) is 0 Å². The Kier molecular flexibility index (Phi) is 5.96. The van der Waals surface area contributed by atoms with Crippen LogP contribution in [0.2, 0.25) is 0 Å². The first-order valence-corrected chi connectivity index (χ1v) is 9.13. The second-order valence-electron chi connectivity index (χ2n) is 6.69. The van der Waals surface area contributed by atoms with Crippen molar-refractivity contribution in [3.05, 3.63) is 42.5 Å². The Balaban J connectivity index is 1.79. The van der Waals surface area contributed by atoms with Crippen molar-refractivity contribution >= 4 is 36.4 Å². The van der Waals surface area contributed by atoms with Crippen molar-refractivity contribution in [2.24, 2.45) is 0 Å². The molecule has 0 saturated heterocycles. The van der Waals surface area contributed by atoms with Crippen molar-refractivity contribution in [3.63, 3.8) is 0 Å². The van der Waals surface area contributed by atoms with Gasteiger partial charge in [-0.3, -0.25) is 0 Å². The number of rotatable bonds is 7. The molecule has 0 aliphatic carbocycles. The summed E-state index contributed by atoms with van der Waals surface area (Å²) in [5.74, 6) is 0. The highest BCUT2D eigenvalue weighted by Crippen LogP contribution is 2.16. The summed E-state index contributed by atoms with van der Waals surface area (Å²) in [4.78, 5) is 12.7. The monoisotopic (exact) mass is 370 g/mol. The van der Waals surface area contributed by atoms with Gasteiger partial charge in [-0.05, 0) is 38.7 Å². The molecule has 0 fully saturated rings. The van der Waals surface area contributed by atoms with Crippen LogP contribution in [-0.2, 0) is 15.9 Å². The lowest BCUT2D eigenvalue weighted by molar-refractivity contribution is 0.139. The highest BCUT2D eigenvalue weighted by molar-refractivity contribution is 7.80. The molecule has 0 unspecified atom stereocenters. The first kappa shape index (κ1) is 18.9. The molecule has 0 spiro atoms. The molecular weight excluding hydrogens is 347 g/mol. The van der Waals surface area contributed by atoms with Crippen LogP contribution in [0.4, 0.5) is 0 Å². The molecule has 0 amide bonds. The van der Waals surface area contributed by atoms with Crippen LogP contribution in [0.15, 0.2) is 41.9 Å². The fourth-order valence-corrected chi connectivity index (χ4v) is 2.85. The van der Waals surface area contributed by atoms with Gasteiger partial charge in [0.25, 0.3) is 0 Å². The smallest absolute Gasteiger partial charge is 0.405 e. The van der Waals surface area contributed by atoms with Crippen LogP contribution in [0, 0.1) is 0 Å². The fourth-order valence-electron chi connectivity index (χ4n) is 2.64. The molecule has 2 heterocycles. The summed E-state index contributed by atoms with van der Waals surface area (Å²) in [6.45, 7) is 8.70. The van der Waals surface area contributed by atoms with Crippen LogP contribution >= 0.6 is 12.6 Å². The maximum atomic E-state index is 5.90. The Hall–Kier alpha value is -1.90. The SMILES string of the molecule is CC(C)OB(OC(C)C)c1ccc(Cn2cnc3c(S)ncnc32)cc1. The zero-order valence-electron chi connectivity index (χ0n) is 15.5. The number of nitrogens with zero attached hydrogens (tertiary/aromatic N) is 4. The van der Waals surface area contributed by atoms with E-state index in [0.29, 0.717) is 17.1 Å². The summed E-state index contributed by atoms with van der Waals surface area (Å²) >= 11 is 4.33. The number of hydrogen-bond acceptors (Lipinski definition) is 6. The molecule has 0 atom stereocenters. The first-order chi connectivity index (χ1) is 12.4. The van der Waals surface area contributed by atoms with Crippen molar-refractivity contribution in [2.45, 2.75) is 51.5 Å². The van der Waals surface area contributed by atoms with Crippen molar-refractivity contribution < 1.29 is 9.31 Å². The highest BCUT2D eigenvalue weighted by Gasteiger charge is 2.24. The Bertz CT molecular complexity index is 857. The third-order valence-electron chi connectivity index (χ3n) is 3.78. The van der Waals surface area contributed by atoms with Gasteiger partial charge in [-0.15, -0.1) is 12.6 Å². The second-order valence-corrected chi connectivity index (χ2v) is 7.11. The minimum Gasteiger partial charge on any atom is -0.405 e. The molecule has 0 N–H and O–H groups in total. The molecule has 26 heavy (non-hydrogen) atoms. The number of fused-ring (bicyclic) bond motifs is 1. The molecule has 1 aromatic carbocycles. The van der Waals surface area contributed by atoms with Crippen LogP contribution in [0.3, 0.4) is 0 Å². The summed E-state index contributed by atoms with van der Waals surface area (Å²) in [7, 11) is -0.363. The molecule has 6 nitrogen and oxygen atoms in total. The normalized spacial score (nSPS) is 11.7. The van der Waals surface area contributed by atoms with Crippen molar-refractivity contribution in [2.75, 3.05) is 0 Å². The molecule has 0 aliphatic heterocycles. The summed E-state index contributed by atoms with van der Waals surface area (Å²) in [6, 6.07) is 8.24. The van der Waals surface area contributed by atoms with E-state index in [0.717, 1.165) is 16.7 Å². The predicted molar refractivity (Wildman–Crippen MR) is 106 cm³/mol. The molecule has 0 aliphatic rings. The van der Waals surface area contributed by atoms with Gasteiger partial charge in [0.15, 0.2) is 5.65 Å². The fraction of sp³-hybridized carbons (Fsp3) is 0.389. The lowest BCUT2D eigenvalue weighted by Crippen LogP contribution is -2.40. The predicted octanol–water partition coefficient (Wildman–Crippen LogP) is 2.71. The zero-order chi connectivity index (χ0) is 18.7. The Labute approximate surface area is 159 Å². The number of thiol groups is 1. The Morgan fingerprint density at radius 3 is 2.27 bits per heavy atom. The maximum absolute atomic E-state index is 5.90. The third kappa shape index (κ3) is 4.44. The van der Waals surface area contributed by atoms with Gasteiger partial charge in [-0.2, -0.15) is 0 Å². The number of imidazole rings is 1. The van der Waals surface area contributed by atoms with Crippen molar-refractivity contribution in [1.82, 2.24) is 19.5 Å². The van der Waals surface area contributed by atoms with Crippen LogP contribution < -0.4 is 5.46 Å². The molecule has 0 bridgehead atoms. The standard InChI is InChI=1S/C18H23BN4O2S/c1-12(2)24-19(25-13(3)4)15-7-5-14(6-8-15)9-23-11-22-16-17(23)20-10-21-18(16)26/h5-8,10-13H,9H2,1-4H3,(H,20,21,26). The van der Waals surface area contributed by atoms with E-state index in [-0.39, 0.29) is 19.3 Å². The highest BCUT2D eigenvalue weighted by atomic mass is 32.1. The molecule has 0 radical (unpaired) electrons. The van der Waals surface area contributed by atoms with E-state index in [4.69, 9.17) is 9.31 Å². The summed E-state index contributed by atoms with van der Waals surface area (Å²) in [6.07, 6.45) is 3.44. The van der Waals surface area contributed by atoms with Crippen LogP contribution in [-0.4, -0.2) is 38.8 Å². The van der Waals surface area contributed by atoms with E-state index in [1.807, 2.05) is 44.4 Å². The van der Waals surface area contributed by atoms with Gasteiger partial charge in [0, 0.05) is 12.2 Å².